The first kappa shape index (κ1) is 15.7. The Kier molecular flexibility index (Phi) is 4.38. The fourth-order valence-corrected chi connectivity index (χ4v) is 2.99. The standard InChI is InChI=1S/C14H23NO4/c1-5-13(6-2)9-10(16)15(11(13)17)14(7-3,8-4)12(18)19/h5-9H2,1-4H3,(H,18,19). The molecule has 0 spiro atoms. The van der Waals surface area contributed by atoms with E-state index in [4.69, 9.17) is 0 Å². The van der Waals surface area contributed by atoms with Crippen molar-refractivity contribution in [3.8, 4) is 0 Å². The Balaban J connectivity index is 3.31. The number of aliphatic carboxylic acids is 1. The van der Waals surface area contributed by atoms with Crippen LogP contribution in [0.3, 0.4) is 0 Å². The molecule has 5 nitrogen and oxygen atoms in total. The number of hydrogen-bond acceptors (Lipinski definition) is 3. The predicted molar refractivity (Wildman–Crippen MR) is 70.4 cm³/mol. The lowest BCUT2D eigenvalue weighted by atomic mass is 9.80. The van der Waals surface area contributed by atoms with Crippen molar-refractivity contribution in [3.05, 3.63) is 0 Å². The number of carboxylic acid groups (broad SMARTS) is 1. The maximum atomic E-state index is 12.6. The van der Waals surface area contributed by atoms with Gasteiger partial charge in [-0.25, -0.2) is 4.79 Å². The molecule has 108 valence electrons. The van der Waals surface area contributed by atoms with E-state index in [2.05, 4.69) is 0 Å². The van der Waals surface area contributed by atoms with Crippen LogP contribution in [0.25, 0.3) is 0 Å². The van der Waals surface area contributed by atoms with Gasteiger partial charge in [-0.05, 0) is 25.7 Å². The van der Waals surface area contributed by atoms with Crippen LogP contribution >= 0.6 is 0 Å². The maximum absolute atomic E-state index is 12.6. The Morgan fingerprint density at radius 1 is 1.21 bits per heavy atom. The lowest BCUT2D eigenvalue weighted by molar-refractivity contribution is -0.165. The highest BCUT2D eigenvalue weighted by Crippen LogP contribution is 2.43. The molecule has 0 aliphatic carbocycles. The smallest absolute Gasteiger partial charge is 0.330 e. The molecular formula is C14H23NO4. The van der Waals surface area contributed by atoms with Crippen molar-refractivity contribution in [1.29, 1.82) is 0 Å². The summed E-state index contributed by atoms with van der Waals surface area (Å²) in [7, 11) is 0. The summed E-state index contributed by atoms with van der Waals surface area (Å²) in [6.45, 7) is 7.16. The van der Waals surface area contributed by atoms with Crippen LogP contribution in [0.2, 0.25) is 0 Å². The monoisotopic (exact) mass is 269 g/mol. The molecule has 1 aliphatic rings. The second-order valence-electron chi connectivity index (χ2n) is 5.24. The summed E-state index contributed by atoms with van der Waals surface area (Å²) < 4.78 is 0. The number of hydrogen-bond donors (Lipinski definition) is 1. The van der Waals surface area contributed by atoms with E-state index in [1.165, 1.54) is 0 Å². The van der Waals surface area contributed by atoms with Gasteiger partial charge in [0.25, 0.3) is 0 Å². The van der Waals surface area contributed by atoms with Crippen LogP contribution in [-0.2, 0) is 14.4 Å². The van der Waals surface area contributed by atoms with Crippen molar-refractivity contribution in [3.63, 3.8) is 0 Å². The van der Waals surface area contributed by atoms with Gasteiger partial charge in [0, 0.05) is 6.42 Å². The largest absolute Gasteiger partial charge is 0.479 e. The molecule has 1 heterocycles. The fourth-order valence-electron chi connectivity index (χ4n) is 2.99. The van der Waals surface area contributed by atoms with E-state index in [-0.39, 0.29) is 31.1 Å². The summed E-state index contributed by atoms with van der Waals surface area (Å²) >= 11 is 0. The van der Waals surface area contributed by atoms with Crippen molar-refractivity contribution in [2.75, 3.05) is 0 Å². The van der Waals surface area contributed by atoms with Crippen LogP contribution in [0.4, 0.5) is 0 Å². The molecule has 1 rings (SSSR count). The highest BCUT2D eigenvalue weighted by atomic mass is 16.4. The number of nitrogens with zero attached hydrogens (tertiary/aromatic N) is 1. The summed E-state index contributed by atoms with van der Waals surface area (Å²) in [5, 5.41) is 9.49. The molecule has 2 amide bonds. The molecule has 1 fully saturated rings. The highest BCUT2D eigenvalue weighted by Gasteiger charge is 2.57. The van der Waals surface area contributed by atoms with Gasteiger partial charge < -0.3 is 5.11 Å². The molecule has 5 heteroatoms. The van der Waals surface area contributed by atoms with Gasteiger partial charge in [-0.15, -0.1) is 0 Å². The van der Waals surface area contributed by atoms with E-state index in [1.807, 2.05) is 13.8 Å². The first-order valence-electron chi connectivity index (χ1n) is 6.96. The zero-order chi connectivity index (χ0) is 14.8. The van der Waals surface area contributed by atoms with Crippen molar-refractivity contribution in [2.45, 2.75) is 65.3 Å². The van der Waals surface area contributed by atoms with Gasteiger partial charge in [0.1, 0.15) is 5.54 Å². The third-order valence-corrected chi connectivity index (χ3v) is 4.75. The normalized spacial score (nSPS) is 19.1. The van der Waals surface area contributed by atoms with Gasteiger partial charge in [-0.3, -0.25) is 14.5 Å². The fraction of sp³-hybridized carbons (Fsp3) is 0.786. The highest BCUT2D eigenvalue weighted by molar-refractivity contribution is 6.09. The molecule has 0 radical (unpaired) electrons. The van der Waals surface area contributed by atoms with Gasteiger partial charge in [0.05, 0.1) is 5.41 Å². The molecular weight excluding hydrogens is 246 g/mol. The molecule has 0 unspecified atom stereocenters. The molecule has 1 saturated heterocycles. The quantitative estimate of drug-likeness (QED) is 0.750. The van der Waals surface area contributed by atoms with Crippen LogP contribution in [0.1, 0.15) is 59.8 Å². The van der Waals surface area contributed by atoms with Crippen LogP contribution in [0.5, 0.6) is 0 Å². The lowest BCUT2D eigenvalue weighted by Crippen LogP contribution is -2.57. The number of likely N-dealkylation sites (tertiary alicyclic amines) is 1. The molecule has 0 bridgehead atoms. The van der Waals surface area contributed by atoms with Crippen molar-refractivity contribution in [2.24, 2.45) is 5.41 Å². The Morgan fingerprint density at radius 2 is 1.68 bits per heavy atom. The number of carbonyl (C=O) groups is 3. The number of amides is 2. The van der Waals surface area contributed by atoms with Gasteiger partial charge in [0.2, 0.25) is 11.8 Å². The average Bonchev–Trinajstić information content (AvgIpc) is 2.65. The van der Waals surface area contributed by atoms with Gasteiger partial charge in [-0.1, -0.05) is 27.7 Å². The maximum Gasteiger partial charge on any atom is 0.330 e. The minimum Gasteiger partial charge on any atom is -0.479 e. The zero-order valence-corrected chi connectivity index (χ0v) is 12.2. The number of carboxylic acids is 1. The molecule has 0 aromatic carbocycles. The summed E-state index contributed by atoms with van der Waals surface area (Å²) in [5.74, 6) is -1.75. The third kappa shape index (κ3) is 2.05. The summed E-state index contributed by atoms with van der Waals surface area (Å²) in [6, 6.07) is 0. The van der Waals surface area contributed by atoms with E-state index in [0.29, 0.717) is 12.8 Å². The van der Waals surface area contributed by atoms with E-state index in [1.54, 1.807) is 13.8 Å². The first-order valence-corrected chi connectivity index (χ1v) is 6.96. The molecule has 0 atom stereocenters. The van der Waals surface area contributed by atoms with Gasteiger partial charge >= 0.3 is 5.97 Å². The minimum atomic E-state index is -1.39. The molecule has 0 saturated carbocycles. The van der Waals surface area contributed by atoms with Gasteiger partial charge in [-0.2, -0.15) is 0 Å². The van der Waals surface area contributed by atoms with Crippen LogP contribution in [0, 0.1) is 5.41 Å². The van der Waals surface area contributed by atoms with E-state index >= 15 is 0 Å². The summed E-state index contributed by atoms with van der Waals surface area (Å²) in [4.78, 5) is 37.5. The Morgan fingerprint density at radius 3 is 1.95 bits per heavy atom. The summed E-state index contributed by atoms with van der Waals surface area (Å²) in [6.07, 6.45) is 1.73. The molecule has 0 aromatic heterocycles. The van der Waals surface area contributed by atoms with Crippen LogP contribution < -0.4 is 0 Å². The topological polar surface area (TPSA) is 74.7 Å². The first-order chi connectivity index (χ1) is 8.85. The molecule has 19 heavy (non-hydrogen) atoms. The Bertz CT molecular complexity index is 394. The summed E-state index contributed by atoms with van der Waals surface area (Å²) in [5.41, 5.74) is -2.09. The predicted octanol–water partition coefficient (Wildman–Crippen LogP) is 2.20. The zero-order valence-electron chi connectivity index (χ0n) is 12.2. The van der Waals surface area contributed by atoms with E-state index in [0.717, 1.165) is 4.90 Å². The minimum absolute atomic E-state index is 0.133. The number of imide groups is 1. The van der Waals surface area contributed by atoms with Crippen LogP contribution in [0.15, 0.2) is 0 Å². The molecule has 0 aromatic rings. The number of carbonyl (C=O) groups excluding carboxylic acids is 2. The second-order valence-corrected chi connectivity index (χ2v) is 5.24. The Hall–Kier alpha value is -1.39. The van der Waals surface area contributed by atoms with E-state index in [9.17, 15) is 19.5 Å². The van der Waals surface area contributed by atoms with Crippen molar-refractivity contribution < 1.29 is 19.5 Å². The van der Waals surface area contributed by atoms with E-state index < -0.39 is 16.9 Å². The third-order valence-electron chi connectivity index (χ3n) is 4.75. The average molecular weight is 269 g/mol. The SMILES string of the molecule is CCC1(CC)CC(=O)N(C(CC)(CC)C(=O)O)C1=O. The lowest BCUT2D eigenvalue weighted by Gasteiger charge is -2.36. The van der Waals surface area contributed by atoms with Gasteiger partial charge in [0.15, 0.2) is 0 Å². The second kappa shape index (κ2) is 5.31. The Labute approximate surface area is 114 Å². The molecule has 1 aliphatic heterocycles. The molecule has 1 N–H and O–H groups in total. The van der Waals surface area contributed by atoms with Crippen molar-refractivity contribution in [1.82, 2.24) is 4.90 Å². The number of rotatable bonds is 6. The van der Waals surface area contributed by atoms with Crippen LogP contribution in [-0.4, -0.2) is 33.3 Å². The van der Waals surface area contributed by atoms with Crippen molar-refractivity contribution >= 4 is 17.8 Å².